The van der Waals surface area contributed by atoms with Gasteiger partial charge in [-0.25, -0.2) is 9.97 Å². The molecule has 1 aromatic rings. The Kier molecular flexibility index (Phi) is 5.27. The molecule has 1 rings (SSSR count). The number of nitrogens with zero attached hydrogens (tertiary/aromatic N) is 2. The molecular formula is C12H16BrN3. The van der Waals surface area contributed by atoms with E-state index in [1.807, 2.05) is 13.0 Å². The summed E-state index contributed by atoms with van der Waals surface area (Å²) in [7, 11) is 0. The average molecular weight is 282 g/mol. The van der Waals surface area contributed by atoms with Gasteiger partial charge in [0.05, 0.1) is 0 Å². The minimum absolute atomic E-state index is 0.327. The molecule has 0 radical (unpaired) electrons. The van der Waals surface area contributed by atoms with Gasteiger partial charge in [0.1, 0.15) is 16.2 Å². The van der Waals surface area contributed by atoms with Crippen LogP contribution in [-0.4, -0.2) is 16.5 Å². The molecule has 0 aromatic carbocycles. The van der Waals surface area contributed by atoms with Crippen molar-refractivity contribution in [3.8, 4) is 11.8 Å². The number of hydrogen-bond donors (Lipinski definition) is 1. The molecule has 0 fully saturated rings. The molecule has 0 saturated heterocycles. The Bertz CT molecular complexity index is 404. The van der Waals surface area contributed by atoms with Crippen molar-refractivity contribution in [3.63, 3.8) is 0 Å². The van der Waals surface area contributed by atoms with Crippen molar-refractivity contribution in [1.29, 1.82) is 0 Å². The van der Waals surface area contributed by atoms with E-state index in [-0.39, 0.29) is 0 Å². The molecule has 16 heavy (non-hydrogen) atoms. The van der Waals surface area contributed by atoms with Gasteiger partial charge in [0.25, 0.3) is 0 Å². The number of rotatable bonds is 4. The zero-order chi connectivity index (χ0) is 12.0. The summed E-state index contributed by atoms with van der Waals surface area (Å²) < 4.78 is 0.815. The number of aromatic nitrogens is 2. The Morgan fingerprint density at radius 2 is 2.19 bits per heavy atom. The van der Waals surface area contributed by atoms with Crippen molar-refractivity contribution in [3.05, 3.63) is 16.5 Å². The lowest BCUT2D eigenvalue weighted by Gasteiger charge is -2.08. The molecule has 1 N–H and O–H groups in total. The van der Waals surface area contributed by atoms with Gasteiger partial charge in [0.15, 0.2) is 0 Å². The highest BCUT2D eigenvalue weighted by Crippen LogP contribution is 2.17. The summed E-state index contributed by atoms with van der Waals surface area (Å²) in [6.07, 6.45) is 0.829. The van der Waals surface area contributed by atoms with Crippen LogP contribution in [0.15, 0.2) is 10.7 Å². The molecule has 0 aliphatic heterocycles. The quantitative estimate of drug-likeness (QED) is 0.523. The van der Waals surface area contributed by atoms with E-state index >= 15 is 0 Å². The van der Waals surface area contributed by atoms with E-state index in [4.69, 9.17) is 0 Å². The van der Waals surface area contributed by atoms with Crippen LogP contribution in [0.25, 0.3) is 0 Å². The van der Waals surface area contributed by atoms with Crippen molar-refractivity contribution in [2.45, 2.75) is 33.1 Å². The number of nitrogens with one attached hydrogen (secondary N) is 1. The van der Waals surface area contributed by atoms with Crippen molar-refractivity contribution < 1.29 is 0 Å². The molecule has 4 heteroatoms. The summed E-state index contributed by atoms with van der Waals surface area (Å²) in [6.45, 7) is 6.81. The fourth-order valence-corrected chi connectivity index (χ4v) is 1.56. The number of hydrogen-bond acceptors (Lipinski definition) is 3. The molecule has 0 aliphatic carbocycles. The van der Waals surface area contributed by atoms with E-state index in [9.17, 15) is 0 Å². The number of anilines is 1. The van der Waals surface area contributed by atoms with Gasteiger partial charge in [-0.3, -0.25) is 0 Å². The third kappa shape index (κ3) is 4.19. The highest BCUT2D eigenvalue weighted by Gasteiger charge is 2.05. The van der Waals surface area contributed by atoms with Crippen LogP contribution in [0.4, 0.5) is 5.82 Å². The second-order valence-corrected chi connectivity index (χ2v) is 4.50. The van der Waals surface area contributed by atoms with Crippen molar-refractivity contribution in [1.82, 2.24) is 9.97 Å². The monoisotopic (exact) mass is 281 g/mol. The highest BCUT2D eigenvalue weighted by atomic mass is 79.9. The van der Waals surface area contributed by atoms with Gasteiger partial charge in [-0.1, -0.05) is 13.8 Å². The average Bonchev–Trinajstić information content (AvgIpc) is 2.23. The van der Waals surface area contributed by atoms with Crippen LogP contribution in [0, 0.1) is 11.8 Å². The number of halogens is 1. The highest BCUT2D eigenvalue weighted by molar-refractivity contribution is 9.10. The van der Waals surface area contributed by atoms with Crippen LogP contribution < -0.4 is 5.32 Å². The smallest absolute Gasteiger partial charge is 0.134 e. The van der Waals surface area contributed by atoms with Crippen molar-refractivity contribution >= 4 is 21.7 Å². The third-order valence-electron chi connectivity index (χ3n) is 1.96. The fraction of sp³-hybridized carbons (Fsp3) is 0.500. The van der Waals surface area contributed by atoms with Crippen LogP contribution in [0.1, 0.15) is 38.9 Å². The normalized spacial score (nSPS) is 9.81. The topological polar surface area (TPSA) is 37.8 Å². The summed E-state index contributed by atoms with van der Waals surface area (Å²) in [5.41, 5.74) is 0. The molecule has 86 valence electrons. The third-order valence-corrected chi connectivity index (χ3v) is 2.37. The van der Waals surface area contributed by atoms with Crippen molar-refractivity contribution in [2.24, 2.45) is 0 Å². The molecule has 1 aromatic heterocycles. The maximum absolute atomic E-state index is 4.43. The molecule has 0 bridgehead atoms. The predicted molar refractivity (Wildman–Crippen MR) is 70.4 cm³/mol. The zero-order valence-electron chi connectivity index (χ0n) is 9.84. The maximum Gasteiger partial charge on any atom is 0.134 e. The molecule has 0 spiro atoms. The first-order valence-corrected chi connectivity index (χ1v) is 6.10. The summed E-state index contributed by atoms with van der Waals surface area (Å²) in [5, 5.41) is 3.23. The molecule has 0 amide bonds. The second kappa shape index (κ2) is 6.49. The fourth-order valence-electron chi connectivity index (χ4n) is 1.16. The Labute approximate surface area is 105 Å². The van der Waals surface area contributed by atoms with E-state index in [2.05, 4.69) is 56.9 Å². The minimum Gasteiger partial charge on any atom is -0.369 e. The van der Waals surface area contributed by atoms with Crippen molar-refractivity contribution in [2.75, 3.05) is 11.9 Å². The Morgan fingerprint density at radius 1 is 1.44 bits per heavy atom. The first-order chi connectivity index (χ1) is 7.63. The Balaban J connectivity index is 2.67. The van der Waals surface area contributed by atoms with Crippen LogP contribution >= 0.6 is 15.9 Å². The van der Waals surface area contributed by atoms with Gasteiger partial charge in [-0.2, -0.15) is 0 Å². The Morgan fingerprint density at radius 3 is 2.81 bits per heavy atom. The van der Waals surface area contributed by atoms with E-state index in [0.29, 0.717) is 5.92 Å². The maximum atomic E-state index is 4.43. The standard InChI is InChI=1S/C12H16BrN3/c1-4-5-6-7-14-11-8-10(13)15-12(16-11)9(2)3/h8-9H,6-7H2,1-3H3,(H,14,15,16). The molecule has 1 heterocycles. The van der Waals surface area contributed by atoms with Gasteiger partial charge in [0, 0.05) is 24.9 Å². The lowest BCUT2D eigenvalue weighted by Crippen LogP contribution is -2.06. The summed E-state index contributed by atoms with van der Waals surface area (Å²) >= 11 is 3.38. The first-order valence-electron chi connectivity index (χ1n) is 5.31. The molecule has 3 nitrogen and oxygen atoms in total. The zero-order valence-corrected chi connectivity index (χ0v) is 11.4. The van der Waals surface area contributed by atoms with Gasteiger partial charge >= 0.3 is 0 Å². The van der Waals surface area contributed by atoms with Crippen LogP contribution in [0.5, 0.6) is 0 Å². The molecule has 0 unspecified atom stereocenters. The SMILES string of the molecule is CC#CCCNc1cc(Br)nc(C(C)C)n1. The molecular weight excluding hydrogens is 266 g/mol. The Hall–Kier alpha value is -1.08. The van der Waals surface area contributed by atoms with Gasteiger partial charge in [0.2, 0.25) is 0 Å². The second-order valence-electron chi connectivity index (χ2n) is 3.69. The lowest BCUT2D eigenvalue weighted by atomic mass is 10.2. The van der Waals surface area contributed by atoms with Gasteiger partial charge in [-0.15, -0.1) is 11.8 Å². The van der Waals surface area contributed by atoms with Crippen LogP contribution in [0.2, 0.25) is 0 Å². The molecule has 0 atom stereocenters. The van der Waals surface area contributed by atoms with E-state index in [0.717, 1.165) is 29.2 Å². The molecule has 0 saturated carbocycles. The van der Waals surface area contributed by atoms with E-state index in [1.54, 1.807) is 0 Å². The van der Waals surface area contributed by atoms with E-state index in [1.165, 1.54) is 0 Å². The van der Waals surface area contributed by atoms with Crippen LogP contribution in [-0.2, 0) is 0 Å². The van der Waals surface area contributed by atoms with Crippen LogP contribution in [0.3, 0.4) is 0 Å². The summed E-state index contributed by atoms with van der Waals surface area (Å²) in [6, 6.07) is 1.88. The lowest BCUT2D eigenvalue weighted by molar-refractivity contribution is 0.769. The van der Waals surface area contributed by atoms with E-state index < -0.39 is 0 Å². The van der Waals surface area contributed by atoms with Gasteiger partial charge in [-0.05, 0) is 22.9 Å². The van der Waals surface area contributed by atoms with Gasteiger partial charge < -0.3 is 5.32 Å². The largest absolute Gasteiger partial charge is 0.369 e. The summed E-state index contributed by atoms with van der Waals surface area (Å²) in [5.74, 6) is 7.89. The predicted octanol–water partition coefficient (Wildman–Crippen LogP) is 3.19. The minimum atomic E-state index is 0.327. The summed E-state index contributed by atoms with van der Waals surface area (Å²) in [4.78, 5) is 8.75. The molecule has 0 aliphatic rings. The first kappa shape index (κ1) is 13.0.